The first-order valence-electron chi connectivity index (χ1n) is 5.58. The van der Waals surface area contributed by atoms with E-state index in [4.69, 9.17) is 32.7 Å². The molecule has 0 saturated heterocycles. The second-order valence-electron chi connectivity index (χ2n) is 3.77. The Kier molecular flexibility index (Phi) is 4.46. The summed E-state index contributed by atoms with van der Waals surface area (Å²) in [4.78, 5) is 14.3. The summed E-state index contributed by atoms with van der Waals surface area (Å²) in [5, 5.41) is 11.3. The maximum Gasteiger partial charge on any atom is 0.306 e. The van der Waals surface area contributed by atoms with Crippen LogP contribution in [0.2, 0.25) is 5.02 Å². The van der Waals surface area contributed by atoms with Gasteiger partial charge in [0, 0.05) is 11.5 Å². The molecule has 0 aliphatic rings. The molecule has 1 aromatic carbocycles. The topological polar surface area (TPSA) is 74.5 Å². The molecule has 0 spiro atoms. The first kappa shape index (κ1) is 14.6. The van der Waals surface area contributed by atoms with Crippen LogP contribution in [0.25, 0.3) is 10.9 Å². The van der Waals surface area contributed by atoms with Crippen LogP contribution in [0.5, 0.6) is 11.5 Å². The second kappa shape index (κ2) is 6.11. The molecule has 0 radical (unpaired) electrons. The van der Waals surface area contributed by atoms with Gasteiger partial charge in [-0.2, -0.15) is 0 Å². The van der Waals surface area contributed by atoms with Gasteiger partial charge in [0.05, 0.1) is 23.4 Å². The molecule has 0 unspecified atom stereocenters. The lowest BCUT2D eigenvalue weighted by Gasteiger charge is -2.11. The quantitative estimate of drug-likeness (QED) is 0.480. The SMILES string of the molecule is COc1cc2c(Cl)c([N+](=O)[O-])cnc2cc1OCCCl. The Morgan fingerprint density at radius 3 is 2.75 bits per heavy atom. The molecule has 0 bridgehead atoms. The number of ether oxygens (including phenoxy) is 2. The Labute approximate surface area is 124 Å². The minimum atomic E-state index is -0.584. The van der Waals surface area contributed by atoms with Crippen molar-refractivity contribution in [1.82, 2.24) is 4.98 Å². The van der Waals surface area contributed by atoms with Crippen LogP contribution in [-0.2, 0) is 0 Å². The molecule has 0 aliphatic heterocycles. The highest BCUT2D eigenvalue weighted by Gasteiger charge is 2.18. The smallest absolute Gasteiger partial charge is 0.306 e. The number of nitro groups is 1. The average molecular weight is 317 g/mol. The van der Waals surface area contributed by atoms with Crippen molar-refractivity contribution in [1.29, 1.82) is 0 Å². The normalized spacial score (nSPS) is 10.6. The zero-order valence-corrected chi connectivity index (χ0v) is 11.9. The molecule has 1 aromatic heterocycles. The van der Waals surface area contributed by atoms with Crippen LogP contribution in [0.4, 0.5) is 5.69 Å². The van der Waals surface area contributed by atoms with Crippen molar-refractivity contribution >= 4 is 39.8 Å². The van der Waals surface area contributed by atoms with Crippen molar-refractivity contribution in [3.63, 3.8) is 0 Å². The van der Waals surface area contributed by atoms with Crippen molar-refractivity contribution < 1.29 is 14.4 Å². The molecule has 8 heteroatoms. The van der Waals surface area contributed by atoms with Crippen molar-refractivity contribution in [2.24, 2.45) is 0 Å². The predicted octanol–water partition coefficient (Wildman–Crippen LogP) is 3.42. The molecule has 2 rings (SSSR count). The van der Waals surface area contributed by atoms with Gasteiger partial charge in [0.1, 0.15) is 17.8 Å². The molecule has 0 amide bonds. The first-order chi connectivity index (χ1) is 9.58. The minimum absolute atomic E-state index is 0.0159. The highest BCUT2D eigenvalue weighted by atomic mass is 35.5. The number of halogens is 2. The zero-order chi connectivity index (χ0) is 14.7. The number of nitrogens with zero attached hydrogens (tertiary/aromatic N) is 2. The third-order valence-electron chi connectivity index (χ3n) is 2.60. The zero-order valence-electron chi connectivity index (χ0n) is 10.4. The number of hydrogen-bond donors (Lipinski definition) is 0. The number of aromatic nitrogens is 1. The fourth-order valence-electron chi connectivity index (χ4n) is 1.71. The standard InChI is InChI=1S/C12H10Cl2N2O4/c1-19-10-4-7-8(5-11(10)20-3-2-13)15-6-9(12(7)14)16(17)18/h4-6H,2-3H2,1H3. The number of hydrogen-bond acceptors (Lipinski definition) is 5. The van der Waals surface area contributed by atoms with Gasteiger partial charge in [-0.25, -0.2) is 4.98 Å². The molecular formula is C12H10Cl2N2O4. The fourth-order valence-corrected chi connectivity index (χ4v) is 2.05. The highest BCUT2D eigenvalue weighted by Crippen LogP contribution is 2.37. The first-order valence-corrected chi connectivity index (χ1v) is 6.49. The largest absolute Gasteiger partial charge is 0.493 e. The third kappa shape index (κ3) is 2.71. The molecule has 0 aliphatic carbocycles. The van der Waals surface area contributed by atoms with E-state index in [0.29, 0.717) is 34.9 Å². The maximum atomic E-state index is 10.8. The summed E-state index contributed by atoms with van der Waals surface area (Å²) in [7, 11) is 1.47. The van der Waals surface area contributed by atoms with E-state index >= 15 is 0 Å². The second-order valence-corrected chi connectivity index (χ2v) is 4.53. The Hall–Kier alpha value is -1.79. The van der Waals surface area contributed by atoms with Crippen LogP contribution < -0.4 is 9.47 Å². The van der Waals surface area contributed by atoms with Crippen molar-refractivity contribution in [2.75, 3.05) is 19.6 Å². The monoisotopic (exact) mass is 316 g/mol. The molecule has 20 heavy (non-hydrogen) atoms. The predicted molar refractivity (Wildman–Crippen MR) is 76.2 cm³/mol. The molecule has 1 heterocycles. The number of fused-ring (bicyclic) bond motifs is 1. The Bertz CT molecular complexity index is 663. The molecule has 0 N–H and O–H groups in total. The van der Waals surface area contributed by atoms with Crippen LogP contribution in [-0.4, -0.2) is 29.5 Å². The van der Waals surface area contributed by atoms with Crippen LogP contribution in [0.15, 0.2) is 18.3 Å². The number of rotatable bonds is 5. The van der Waals surface area contributed by atoms with Gasteiger partial charge in [-0.15, -0.1) is 11.6 Å². The minimum Gasteiger partial charge on any atom is -0.493 e. The van der Waals surface area contributed by atoms with E-state index in [0.717, 1.165) is 6.20 Å². The number of benzene rings is 1. The van der Waals surface area contributed by atoms with E-state index < -0.39 is 4.92 Å². The van der Waals surface area contributed by atoms with E-state index in [1.807, 2.05) is 0 Å². The van der Waals surface area contributed by atoms with E-state index in [2.05, 4.69) is 4.98 Å². The molecule has 0 saturated carbocycles. The van der Waals surface area contributed by atoms with E-state index in [1.165, 1.54) is 7.11 Å². The van der Waals surface area contributed by atoms with Gasteiger partial charge >= 0.3 is 5.69 Å². The third-order valence-corrected chi connectivity index (χ3v) is 3.15. The van der Waals surface area contributed by atoms with Gasteiger partial charge in [0.25, 0.3) is 0 Å². The summed E-state index contributed by atoms with van der Waals surface area (Å²) in [6, 6.07) is 3.16. The van der Waals surface area contributed by atoms with Crippen LogP contribution in [0.1, 0.15) is 0 Å². The number of pyridine rings is 1. The molecular weight excluding hydrogens is 307 g/mol. The lowest BCUT2D eigenvalue weighted by atomic mass is 10.2. The summed E-state index contributed by atoms with van der Waals surface area (Å²) in [6.45, 7) is 0.310. The van der Waals surface area contributed by atoms with Gasteiger partial charge in [0.2, 0.25) is 0 Å². The van der Waals surface area contributed by atoms with Gasteiger partial charge in [-0.3, -0.25) is 10.1 Å². The molecule has 0 fully saturated rings. The van der Waals surface area contributed by atoms with Gasteiger partial charge < -0.3 is 9.47 Å². The Balaban J connectivity index is 2.61. The van der Waals surface area contributed by atoms with E-state index in [9.17, 15) is 10.1 Å². The number of methoxy groups -OCH3 is 1. The summed E-state index contributed by atoms with van der Waals surface area (Å²) < 4.78 is 10.6. The lowest BCUT2D eigenvalue weighted by molar-refractivity contribution is -0.384. The fraction of sp³-hybridized carbons (Fsp3) is 0.250. The van der Waals surface area contributed by atoms with Crippen LogP contribution in [0, 0.1) is 10.1 Å². The highest BCUT2D eigenvalue weighted by molar-refractivity contribution is 6.37. The lowest BCUT2D eigenvalue weighted by Crippen LogP contribution is -2.01. The Morgan fingerprint density at radius 2 is 2.15 bits per heavy atom. The average Bonchev–Trinajstić information content (AvgIpc) is 2.44. The van der Waals surface area contributed by atoms with Crippen LogP contribution in [0.3, 0.4) is 0 Å². The molecule has 6 nitrogen and oxygen atoms in total. The van der Waals surface area contributed by atoms with Gasteiger partial charge in [0.15, 0.2) is 11.5 Å². The van der Waals surface area contributed by atoms with Crippen LogP contribution >= 0.6 is 23.2 Å². The van der Waals surface area contributed by atoms with Gasteiger partial charge in [-0.1, -0.05) is 11.6 Å². The Morgan fingerprint density at radius 1 is 1.40 bits per heavy atom. The molecule has 106 valence electrons. The van der Waals surface area contributed by atoms with E-state index in [-0.39, 0.29) is 10.7 Å². The van der Waals surface area contributed by atoms with E-state index in [1.54, 1.807) is 12.1 Å². The van der Waals surface area contributed by atoms with Gasteiger partial charge in [-0.05, 0) is 6.07 Å². The summed E-state index contributed by atoms with van der Waals surface area (Å²) in [6.07, 6.45) is 1.11. The molecule has 2 aromatic rings. The summed E-state index contributed by atoms with van der Waals surface area (Å²) in [5.74, 6) is 1.19. The van der Waals surface area contributed by atoms with Crippen molar-refractivity contribution in [2.45, 2.75) is 0 Å². The van der Waals surface area contributed by atoms with Crippen molar-refractivity contribution in [3.8, 4) is 11.5 Å². The number of alkyl halides is 1. The molecule has 0 atom stereocenters. The summed E-state index contributed by atoms with van der Waals surface area (Å²) in [5.41, 5.74) is 0.224. The van der Waals surface area contributed by atoms with Crippen molar-refractivity contribution in [3.05, 3.63) is 33.5 Å². The summed E-state index contributed by atoms with van der Waals surface area (Å²) >= 11 is 11.6. The maximum absolute atomic E-state index is 10.8.